The van der Waals surface area contributed by atoms with Crippen molar-refractivity contribution in [3.05, 3.63) is 17.0 Å². The van der Waals surface area contributed by atoms with Gasteiger partial charge in [0.25, 0.3) is 10.0 Å². The summed E-state index contributed by atoms with van der Waals surface area (Å²) in [5.74, 6) is 0. The summed E-state index contributed by atoms with van der Waals surface area (Å²) in [5, 5.41) is 0. The minimum Gasteiger partial charge on any atom is -0.326 e. The zero-order valence-corrected chi connectivity index (χ0v) is 11.4. The summed E-state index contributed by atoms with van der Waals surface area (Å²) in [7, 11) is -1.30. The van der Waals surface area contributed by atoms with Crippen LogP contribution in [0.3, 0.4) is 0 Å². The second-order valence-electron chi connectivity index (χ2n) is 4.13. The largest absolute Gasteiger partial charge is 0.326 e. The monoisotopic (exact) mass is 275 g/mol. The number of rotatable bonds is 3. The van der Waals surface area contributed by atoms with Gasteiger partial charge in [-0.3, -0.25) is 0 Å². The highest BCUT2D eigenvalue weighted by Gasteiger charge is 2.28. The minimum atomic E-state index is -3.31. The van der Waals surface area contributed by atoms with Crippen molar-refractivity contribution in [1.29, 1.82) is 0 Å². The van der Waals surface area contributed by atoms with Crippen molar-refractivity contribution in [1.82, 2.24) is 9.21 Å². The van der Waals surface area contributed by atoms with Gasteiger partial charge in [0.15, 0.2) is 0 Å². The van der Waals surface area contributed by atoms with Gasteiger partial charge in [0.05, 0.1) is 0 Å². The van der Waals surface area contributed by atoms with Crippen LogP contribution >= 0.6 is 11.3 Å². The van der Waals surface area contributed by atoms with Crippen LogP contribution in [0.5, 0.6) is 0 Å². The molecule has 1 saturated heterocycles. The molecule has 0 aromatic carbocycles. The molecule has 2 heterocycles. The molecule has 0 aliphatic carbocycles. The lowest BCUT2D eigenvalue weighted by Gasteiger charge is -2.31. The molecule has 0 radical (unpaired) electrons. The first-order valence-corrected chi connectivity index (χ1v) is 7.77. The van der Waals surface area contributed by atoms with Crippen molar-refractivity contribution >= 4 is 21.4 Å². The van der Waals surface area contributed by atoms with Crippen molar-refractivity contribution in [2.24, 2.45) is 5.73 Å². The average Bonchev–Trinajstić information content (AvgIpc) is 2.78. The lowest BCUT2D eigenvalue weighted by molar-refractivity contribution is 0.222. The van der Waals surface area contributed by atoms with Crippen molar-refractivity contribution in [2.45, 2.75) is 10.8 Å². The number of likely N-dealkylation sites (N-methyl/N-ethyl adjacent to an activating group) is 1. The van der Waals surface area contributed by atoms with Gasteiger partial charge in [-0.05, 0) is 19.2 Å². The molecule has 1 aromatic heterocycles. The van der Waals surface area contributed by atoms with Gasteiger partial charge in [-0.25, -0.2) is 8.42 Å². The van der Waals surface area contributed by atoms with E-state index in [0.29, 0.717) is 23.8 Å². The first-order valence-electron chi connectivity index (χ1n) is 5.51. The molecule has 0 spiro atoms. The van der Waals surface area contributed by atoms with E-state index in [0.717, 1.165) is 18.0 Å². The van der Waals surface area contributed by atoms with Crippen LogP contribution in [0.4, 0.5) is 0 Å². The Morgan fingerprint density at radius 3 is 2.47 bits per heavy atom. The van der Waals surface area contributed by atoms with E-state index in [-0.39, 0.29) is 0 Å². The highest BCUT2D eigenvalue weighted by atomic mass is 32.2. The molecular formula is C10H17N3O2S2. The highest BCUT2D eigenvalue weighted by molar-refractivity contribution is 7.91. The molecule has 7 heteroatoms. The first kappa shape index (κ1) is 13.0. The van der Waals surface area contributed by atoms with Gasteiger partial charge in [-0.15, -0.1) is 11.3 Å². The Kier molecular flexibility index (Phi) is 3.84. The zero-order valence-electron chi connectivity index (χ0n) is 9.80. The van der Waals surface area contributed by atoms with Gasteiger partial charge in [0.1, 0.15) is 4.21 Å². The molecule has 1 aliphatic heterocycles. The summed E-state index contributed by atoms with van der Waals surface area (Å²) < 4.78 is 26.6. The maximum absolute atomic E-state index is 12.3. The van der Waals surface area contributed by atoms with Crippen molar-refractivity contribution in [3.63, 3.8) is 0 Å². The van der Waals surface area contributed by atoms with Gasteiger partial charge in [-0.2, -0.15) is 4.31 Å². The number of thiophene rings is 1. The molecule has 2 rings (SSSR count). The van der Waals surface area contributed by atoms with E-state index in [1.165, 1.54) is 11.3 Å². The van der Waals surface area contributed by atoms with E-state index >= 15 is 0 Å². The quantitative estimate of drug-likeness (QED) is 0.852. The number of hydrogen-bond donors (Lipinski definition) is 1. The summed E-state index contributed by atoms with van der Waals surface area (Å²) in [5.41, 5.74) is 5.50. The fourth-order valence-corrected chi connectivity index (χ4v) is 4.57. The van der Waals surface area contributed by atoms with Crippen molar-refractivity contribution < 1.29 is 8.42 Å². The number of nitrogens with two attached hydrogens (primary N) is 1. The number of hydrogen-bond acceptors (Lipinski definition) is 5. The Hall–Kier alpha value is -0.470. The van der Waals surface area contributed by atoms with Crippen molar-refractivity contribution in [2.75, 3.05) is 33.2 Å². The molecule has 0 bridgehead atoms. The lowest BCUT2D eigenvalue weighted by atomic mass is 10.4. The fourth-order valence-electron chi connectivity index (χ4n) is 1.76. The van der Waals surface area contributed by atoms with Gasteiger partial charge in [0, 0.05) is 37.6 Å². The maximum Gasteiger partial charge on any atom is 0.252 e. The van der Waals surface area contributed by atoms with E-state index in [4.69, 9.17) is 5.73 Å². The Bertz CT molecular complexity index is 475. The number of nitrogens with zero attached hydrogens (tertiary/aromatic N) is 2. The number of piperazine rings is 1. The topological polar surface area (TPSA) is 66.6 Å². The van der Waals surface area contributed by atoms with Crippen LogP contribution in [0.15, 0.2) is 16.3 Å². The summed E-state index contributed by atoms with van der Waals surface area (Å²) in [6.45, 7) is 3.09. The fraction of sp³-hybridized carbons (Fsp3) is 0.600. The second kappa shape index (κ2) is 5.03. The molecule has 5 nitrogen and oxygen atoms in total. The van der Waals surface area contributed by atoms with Crippen LogP contribution in [0.25, 0.3) is 0 Å². The predicted octanol–water partition coefficient (Wildman–Crippen LogP) is 0.143. The molecule has 1 fully saturated rings. The normalized spacial score (nSPS) is 19.6. The average molecular weight is 275 g/mol. The molecule has 1 aliphatic rings. The van der Waals surface area contributed by atoms with Crippen LogP contribution in [0.1, 0.15) is 4.88 Å². The standard InChI is InChI=1S/C10H17N3O2S2/c1-12-4-6-13(7-5-12)17(14,15)10-3-2-9(8-11)16-10/h2-3H,4-8,11H2,1H3. The Morgan fingerprint density at radius 1 is 1.29 bits per heavy atom. The molecule has 0 atom stereocenters. The number of sulfonamides is 1. The molecule has 96 valence electrons. The summed E-state index contributed by atoms with van der Waals surface area (Å²) >= 11 is 1.27. The maximum atomic E-state index is 12.3. The zero-order chi connectivity index (χ0) is 12.5. The molecule has 0 saturated carbocycles. The van der Waals surface area contributed by atoms with Crippen LogP contribution < -0.4 is 5.73 Å². The Morgan fingerprint density at radius 2 is 1.94 bits per heavy atom. The summed E-state index contributed by atoms with van der Waals surface area (Å²) in [6, 6.07) is 3.44. The third-order valence-electron chi connectivity index (χ3n) is 2.89. The molecule has 1 aromatic rings. The highest BCUT2D eigenvalue weighted by Crippen LogP contribution is 2.25. The smallest absolute Gasteiger partial charge is 0.252 e. The van der Waals surface area contributed by atoms with Gasteiger partial charge >= 0.3 is 0 Å². The van der Waals surface area contributed by atoms with Crippen molar-refractivity contribution in [3.8, 4) is 0 Å². The third-order valence-corrected chi connectivity index (χ3v) is 6.37. The van der Waals surface area contributed by atoms with Gasteiger partial charge < -0.3 is 10.6 Å². The van der Waals surface area contributed by atoms with E-state index in [1.807, 2.05) is 7.05 Å². The first-order chi connectivity index (χ1) is 8.04. The van der Waals surface area contributed by atoms with E-state index in [1.54, 1.807) is 16.4 Å². The van der Waals surface area contributed by atoms with Crippen LogP contribution in [-0.4, -0.2) is 50.8 Å². The Balaban J connectivity index is 2.18. The predicted molar refractivity (Wildman–Crippen MR) is 68.5 cm³/mol. The summed E-state index contributed by atoms with van der Waals surface area (Å²) in [4.78, 5) is 3.03. The second-order valence-corrected chi connectivity index (χ2v) is 7.47. The molecule has 17 heavy (non-hydrogen) atoms. The molecule has 0 unspecified atom stereocenters. The minimum absolute atomic E-state index is 0.392. The molecule has 0 amide bonds. The molecular weight excluding hydrogens is 258 g/mol. The van der Waals surface area contributed by atoms with E-state index in [2.05, 4.69) is 4.90 Å². The third kappa shape index (κ3) is 2.69. The van der Waals surface area contributed by atoms with E-state index < -0.39 is 10.0 Å². The summed E-state index contributed by atoms with van der Waals surface area (Å²) in [6.07, 6.45) is 0. The molecule has 2 N–H and O–H groups in total. The van der Waals surface area contributed by atoms with Crippen LogP contribution in [-0.2, 0) is 16.6 Å². The van der Waals surface area contributed by atoms with E-state index in [9.17, 15) is 8.42 Å². The SMILES string of the molecule is CN1CCN(S(=O)(=O)c2ccc(CN)s2)CC1. The lowest BCUT2D eigenvalue weighted by Crippen LogP contribution is -2.46. The van der Waals surface area contributed by atoms with Crippen LogP contribution in [0, 0.1) is 0 Å². The van der Waals surface area contributed by atoms with Crippen LogP contribution in [0.2, 0.25) is 0 Å². The Labute approximate surface area is 106 Å². The van der Waals surface area contributed by atoms with Gasteiger partial charge in [-0.1, -0.05) is 0 Å². The van der Waals surface area contributed by atoms with Gasteiger partial charge in [0.2, 0.25) is 0 Å².